The zero-order chi connectivity index (χ0) is 17.6. The lowest BCUT2D eigenvalue weighted by molar-refractivity contribution is -0.118. The van der Waals surface area contributed by atoms with Gasteiger partial charge in [0.2, 0.25) is 0 Å². The number of aryl methyl sites for hydroxylation is 1. The Labute approximate surface area is 149 Å². The van der Waals surface area contributed by atoms with E-state index in [4.69, 9.17) is 0 Å². The van der Waals surface area contributed by atoms with Crippen LogP contribution in [0.1, 0.15) is 43.9 Å². The maximum absolute atomic E-state index is 13.1. The number of benzene rings is 2. The molecule has 0 fully saturated rings. The Bertz CT molecular complexity index is 879. The third kappa shape index (κ3) is 2.84. The normalized spacial score (nSPS) is 21.6. The Balaban J connectivity index is 1.92. The molecule has 0 spiro atoms. The minimum Gasteiger partial charge on any atom is -0.372 e. The quantitative estimate of drug-likeness (QED) is 0.752. The largest absolute Gasteiger partial charge is 0.372 e. The fraction of sp³-hybridized carbons (Fsp3) is 0.318. The summed E-state index contributed by atoms with van der Waals surface area (Å²) < 4.78 is 0. The molecule has 128 valence electrons. The van der Waals surface area contributed by atoms with Gasteiger partial charge in [-0.2, -0.15) is 0 Å². The zero-order valence-corrected chi connectivity index (χ0v) is 15.0. The number of carbonyl (C=O) groups excluding carboxylic acids is 1. The van der Waals surface area contributed by atoms with E-state index < -0.39 is 0 Å². The third-order valence-electron chi connectivity index (χ3n) is 5.22. The predicted molar refractivity (Wildman–Crippen MR) is 103 cm³/mol. The van der Waals surface area contributed by atoms with Crippen molar-refractivity contribution in [1.29, 1.82) is 0 Å². The number of para-hydroxylation sites is 2. The van der Waals surface area contributed by atoms with Gasteiger partial charge in [-0.1, -0.05) is 50.2 Å². The summed E-state index contributed by atoms with van der Waals surface area (Å²) in [5.74, 6) is 0.243. The molecule has 1 heterocycles. The number of hydrogen-bond donors (Lipinski definition) is 2. The molecule has 4 rings (SSSR count). The molecule has 2 N–H and O–H groups in total. The smallest absolute Gasteiger partial charge is 0.163 e. The second-order valence-corrected chi connectivity index (χ2v) is 7.94. The number of ketones is 1. The van der Waals surface area contributed by atoms with Crippen molar-refractivity contribution in [3.63, 3.8) is 0 Å². The number of Topliss-reactive ketones (excluding diaryl/α,β-unsaturated/α-hetero) is 1. The highest BCUT2D eigenvalue weighted by Crippen LogP contribution is 2.45. The Morgan fingerprint density at radius 1 is 0.960 bits per heavy atom. The molecule has 1 aliphatic carbocycles. The lowest BCUT2D eigenvalue weighted by Crippen LogP contribution is -2.31. The fourth-order valence-electron chi connectivity index (χ4n) is 4.03. The van der Waals surface area contributed by atoms with Crippen molar-refractivity contribution in [1.82, 2.24) is 0 Å². The lowest BCUT2D eigenvalue weighted by Gasteiger charge is -2.34. The van der Waals surface area contributed by atoms with Gasteiger partial charge in [-0.15, -0.1) is 0 Å². The van der Waals surface area contributed by atoms with Crippen LogP contribution in [0.4, 0.5) is 11.4 Å². The van der Waals surface area contributed by atoms with Crippen LogP contribution in [0.2, 0.25) is 0 Å². The first kappa shape index (κ1) is 15.9. The van der Waals surface area contributed by atoms with Gasteiger partial charge in [0.25, 0.3) is 0 Å². The van der Waals surface area contributed by atoms with Crippen LogP contribution >= 0.6 is 0 Å². The minimum atomic E-state index is -0.115. The molecule has 1 aliphatic heterocycles. The number of fused-ring (bicyclic) bond motifs is 1. The highest BCUT2D eigenvalue weighted by atomic mass is 16.1. The highest BCUT2D eigenvalue weighted by molar-refractivity contribution is 6.01. The standard InChI is InChI=1S/C22H24N2O/c1-14-8-4-5-9-15(14)21-20-18(12-22(2,3)13-19(20)25)23-16-10-6-7-11-17(16)24-21/h4-11,21,23-24H,12-13H2,1-3H3. The molecule has 2 aliphatic rings. The molecule has 0 radical (unpaired) electrons. The fourth-order valence-corrected chi connectivity index (χ4v) is 4.03. The Morgan fingerprint density at radius 2 is 1.64 bits per heavy atom. The van der Waals surface area contributed by atoms with E-state index in [1.807, 2.05) is 24.3 Å². The summed E-state index contributed by atoms with van der Waals surface area (Å²) in [5, 5.41) is 7.20. The van der Waals surface area contributed by atoms with Crippen molar-refractivity contribution in [2.24, 2.45) is 5.41 Å². The van der Waals surface area contributed by atoms with Crippen molar-refractivity contribution >= 4 is 17.2 Å². The molecule has 0 amide bonds. The topological polar surface area (TPSA) is 41.1 Å². The van der Waals surface area contributed by atoms with Gasteiger partial charge in [0.05, 0.1) is 17.4 Å². The van der Waals surface area contributed by atoms with Gasteiger partial charge in [-0.3, -0.25) is 4.79 Å². The molecule has 25 heavy (non-hydrogen) atoms. The molecule has 0 aromatic heterocycles. The van der Waals surface area contributed by atoms with E-state index in [2.05, 4.69) is 55.7 Å². The van der Waals surface area contributed by atoms with Crippen LogP contribution in [0.5, 0.6) is 0 Å². The van der Waals surface area contributed by atoms with Crippen LogP contribution < -0.4 is 10.6 Å². The SMILES string of the molecule is Cc1ccccc1C1Nc2ccccc2NC2=C1C(=O)CC(C)(C)C2. The molecule has 0 bridgehead atoms. The van der Waals surface area contributed by atoms with Crippen molar-refractivity contribution in [2.75, 3.05) is 10.6 Å². The average Bonchev–Trinajstić information content (AvgIpc) is 2.70. The summed E-state index contributed by atoms with van der Waals surface area (Å²) in [6.07, 6.45) is 1.47. The first-order valence-electron chi connectivity index (χ1n) is 8.89. The summed E-state index contributed by atoms with van der Waals surface area (Å²) in [7, 11) is 0. The number of rotatable bonds is 1. The van der Waals surface area contributed by atoms with E-state index >= 15 is 0 Å². The van der Waals surface area contributed by atoms with Gasteiger partial charge in [0, 0.05) is 17.7 Å². The number of allylic oxidation sites excluding steroid dienone is 1. The van der Waals surface area contributed by atoms with Gasteiger partial charge in [-0.25, -0.2) is 0 Å². The van der Waals surface area contributed by atoms with Crippen LogP contribution in [0.3, 0.4) is 0 Å². The van der Waals surface area contributed by atoms with Crippen molar-refractivity contribution in [2.45, 2.75) is 39.7 Å². The maximum atomic E-state index is 13.1. The predicted octanol–water partition coefficient (Wildman–Crippen LogP) is 5.22. The Morgan fingerprint density at radius 3 is 2.40 bits per heavy atom. The summed E-state index contributed by atoms with van der Waals surface area (Å²) in [6.45, 7) is 6.45. The second-order valence-electron chi connectivity index (χ2n) is 7.94. The molecular formula is C22H24N2O. The van der Waals surface area contributed by atoms with Crippen molar-refractivity contribution in [3.05, 3.63) is 70.9 Å². The van der Waals surface area contributed by atoms with Gasteiger partial charge in [0.1, 0.15) is 0 Å². The molecule has 2 aromatic carbocycles. The molecule has 0 saturated carbocycles. The first-order valence-corrected chi connectivity index (χ1v) is 8.89. The average molecular weight is 332 g/mol. The Hall–Kier alpha value is -2.55. The van der Waals surface area contributed by atoms with E-state index in [1.54, 1.807) is 0 Å². The number of carbonyl (C=O) groups is 1. The number of anilines is 2. The van der Waals surface area contributed by atoms with E-state index in [-0.39, 0.29) is 17.2 Å². The zero-order valence-electron chi connectivity index (χ0n) is 15.0. The van der Waals surface area contributed by atoms with E-state index in [9.17, 15) is 4.79 Å². The van der Waals surface area contributed by atoms with Gasteiger partial charge >= 0.3 is 0 Å². The molecule has 3 nitrogen and oxygen atoms in total. The van der Waals surface area contributed by atoms with Crippen molar-refractivity contribution < 1.29 is 4.79 Å². The van der Waals surface area contributed by atoms with Gasteiger partial charge in [-0.05, 0) is 42.0 Å². The molecule has 1 atom stereocenters. The molecule has 0 saturated heterocycles. The lowest BCUT2D eigenvalue weighted by atomic mass is 9.73. The Kier molecular flexibility index (Phi) is 3.68. The molecular weight excluding hydrogens is 308 g/mol. The summed E-state index contributed by atoms with van der Waals surface area (Å²) in [5.41, 5.74) is 6.38. The number of hydrogen-bond acceptors (Lipinski definition) is 3. The maximum Gasteiger partial charge on any atom is 0.163 e. The van der Waals surface area contributed by atoms with Crippen LogP contribution in [0.15, 0.2) is 59.8 Å². The molecule has 2 aromatic rings. The van der Waals surface area contributed by atoms with E-state index in [0.29, 0.717) is 6.42 Å². The van der Waals surface area contributed by atoms with Gasteiger partial charge < -0.3 is 10.6 Å². The van der Waals surface area contributed by atoms with Crippen LogP contribution in [0.25, 0.3) is 0 Å². The minimum absolute atomic E-state index is 0.0154. The highest BCUT2D eigenvalue weighted by Gasteiger charge is 2.38. The van der Waals surface area contributed by atoms with Crippen LogP contribution in [-0.2, 0) is 4.79 Å². The van der Waals surface area contributed by atoms with Crippen LogP contribution in [0, 0.1) is 12.3 Å². The molecule has 3 heteroatoms. The summed E-state index contributed by atoms with van der Waals surface area (Å²) in [6, 6.07) is 16.4. The molecule has 1 unspecified atom stereocenters. The first-order chi connectivity index (χ1) is 11.9. The van der Waals surface area contributed by atoms with Crippen molar-refractivity contribution in [3.8, 4) is 0 Å². The second kappa shape index (κ2) is 5.76. The number of nitrogens with one attached hydrogen (secondary N) is 2. The van der Waals surface area contributed by atoms with Gasteiger partial charge in [0.15, 0.2) is 5.78 Å². The van der Waals surface area contributed by atoms with E-state index in [0.717, 1.165) is 29.1 Å². The van der Waals surface area contributed by atoms with Crippen LogP contribution in [-0.4, -0.2) is 5.78 Å². The summed E-state index contributed by atoms with van der Waals surface area (Å²) >= 11 is 0. The summed E-state index contributed by atoms with van der Waals surface area (Å²) in [4.78, 5) is 13.1. The third-order valence-corrected chi connectivity index (χ3v) is 5.22. The monoisotopic (exact) mass is 332 g/mol. The van der Waals surface area contributed by atoms with E-state index in [1.165, 1.54) is 11.1 Å².